The molecule has 0 unspecified atom stereocenters. The molecular weight excluding hydrogens is 401 g/mol. The lowest BCUT2D eigenvalue weighted by Crippen LogP contribution is -2.20. The maximum Gasteiger partial charge on any atom is 0.262 e. The zero-order valence-electron chi connectivity index (χ0n) is 11.5. The molecule has 2 aromatic rings. The summed E-state index contributed by atoms with van der Waals surface area (Å²) in [6.45, 7) is 2.03. The number of halogens is 2. The largest absolute Gasteiger partial charge is 0.484 e. The zero-order valence-corrected chi connectivity index (χ0v) is 14.4. The van der Waals surface area contributed by atoms with E-state index >= 15 is 0 Å². The van der Waals surface area contributed by atoms with Crippen LogP contribution in [0.4, 0.5) is 5.69 Å². The Labute approximate surface area is 142 Å². The van der Waals surface area contributed by atoms with E-state index in [0.717, 1.165) is 21.2 Å². The van der Waals surface area contributed by atoms with Gasteiger partial charge in [-0.05, 0) is 77.0 Å². The lowest BCUT2D eigenvalue weighted by atomic mass is 10.1. The molecule has 2 rings (SSSR count). The monoisotopic (exact) mass is 415 g/mol. The van der Waals surface area contributed by atoms with Gasteiger partial charge in [0.15, 0.2) is 6.61 Å². The van der Waals surface area contributed by atoms with E-state index in [4.69, 9.17) is 16.3 Å². The van der Waals surface area contributed by atoms with Crippen LogP contribution in [0.1, 0.15) is 12.5 Å². The van der Waals surface area contributed by atoms with Gasteiger partial charge >= 0.3 is 0 Å². The molecule has 0 aliphatic rings. The molecule has 1 amide bonds. The van der Waals surface area contributed by atoms with Crippen LogP contribution in [0, 0.1) is 3.57 Å². The van der Waals surface area contributed by atoms with Gasteiger partial charge < -0.3 is 10.1 Å². The Hall–Kier alpha value is -1.27. The molecule has 0 bridgehead atoms. The van der Waals surface area contributed by atoms with Crippen molar-refractivity contribution >= 4 is 45.8 Å². The summed E-state index contributed by atoms with van der Waals surface area (Å²) in [4.78, 5) is 11.9. The minimum absolute atomic E-state index is 0.0310. The summed E-state index contributed by atoms with van der Waals surface area (Å²) in [5.41, 5.74) is 1.95. The van der Waals surface area contributed by atoms with Gasteiger partial charge in [0.05, 0.1) is 0 Å². The van der Waals surface area contributed by atoms with Gasteiger partial charge in [-0.15, -0.1) is 0 Å². The van der Waals surface area contributed by atoms with E-state index in [1.54, 1.807) is 24.3 Å². The van der Waals surface area contributed by atoms with Crippen molar-refractivity contribution in [2.75, 3.05) is 11.9 Å². The summed E-state index contributed by atoms with van der Waals surface area (Å²) in [6, 6.07) is 12.9. The first kappa shape index (κ1) is 16.1. The second-order valence-electron chi connectivity index (χ2n) is 4.45. The molecule has 1 N–H and O–H groups in total. The summed E-state index contributed by atoms with van der Waals surface area (Å²) >= 11 is 8.05. The average Bonchev–Trinajstić information content (AvgIpc) is 2.48. The summed E-state index contributed by atoms with van der Waals surface area (Å²) in [5.74, 6) is 0.439. The molecule has 2 aromatic carbocycles. The van der Waals surface area contributed by atoms with Crippen LogP contribution in [-0.4, -0.2) is 12.5 Å². The van der Waals surface area contributed by atoms with E-state index in [2.05, 4.69) is 40.9 Å². The first-order valence-electron chi connectivity index (χ1n) is 6.55. The predicted octanol–water partition coefficient (Wildman–Crippen LogP) is 4.52. The third kappa shape index (κ3) is 4.89. The Morgan fingerprint density at radius 2 is 1.95 bits per heavy atom. The molecule has 0 heterocycles. The van der Waals surface area contributed by atoms with Crippen LogP contribution in [0.25, 0.3) is 0 Å². The molecule has 5 heteroatoms. The highest BCUT2D eigenvalue weighted by Gasteiger charge is 2.07. The number of hydrogen-bond acceptors (Lipinski definition) is 2. The molecule has 21 heavy (non-hydrogen) atoms. The third-order valence-electron chi connectivity index (χ3n) is 2.91. The number of carbonyl (C=O) groups is 1. The van der Waals surface area contributed by atoms with Crippen LogP contribution in [0.15, 0.2) is 42.5 Å². The van der Waals surface area contributed by atoms with Crippen LogP contribution in [0.5, 0.6) is 5.75 Å². The SMILES string of the molecule is CCc1cc(I)ccc1NC(=O)COc1ccc(Cl)cc1. The summed E-state index contributed by atoms with van der Waals surface area (Å²) in [7, 11) is 0. The van der Waals surface area contributed by atoms with Crippen molar-refractivity contribution in [1.82, 2.24) is 0 Å². The number of hydrogen-bond donors (Lipinski definition) is 1. The predicted molar refractivity (Wildman–Crippen MR) is 94.1 cm³/mol. The number of anilines is 1. The molecule has 0 spiro atoms. The van der Waals surface area contributed by atoms with Crippen LogP contribution in [-0.2, 0) is 11.2 Å². The minimum Gasteiger partial charge on any atom is -0.484 e. The van der Waals surface area contributed by atoms with Crippen LogP contribution < -0.4 is 10.1 Å². The molecule has 0 saturated heterocycles. The first-order chi connectivity index (χ1) is 10.1. The van der Waals surface area contributed by atoms with Crippen molar-refractivity contribution in [2.24, 2.45) is 0 Å². The standard InChI is InChI=1S/C16H15ClINO2/c1-2-11-9-13(18)5-8-15(11)19-16(20)10-21-14-6-3-12(17)4-7-14/h3-9H,2,10H2,1H3,(H,19,20). The molecule has 110 valence electrons. The fourth-order valence-corrected chi connectivity index (χ4v) is 2.52. The van der Waals surface area contributed by atoms with Crippen molar-refractivity contribution in [3.8, 4) is 5.75 Å². The Balaban J connectivity index is 1.94. The second kappa shape index (κ2) is 7.66. The first-order valence-corrected chi connectivity index (χ1v) is 8.01. The highest BCUT2D eigenvalue weighted by atomic mass is 127. The fourth-order valence-electron chi connectivity index (χ4n) is 1.84. The van der Waals surface area contributed by atoms with Gasteiger partial charge in [-0.25, -0.2) is 0 Å². The van der Waals surface area contributed by atoms with Crippen molar-refractivity contribution in [3.05, 3.63) is 56.6 Å². The Morgan fingerprint density at radius 1 is 1.24 bits per heavy atom. The van der Waals surface area contributed by atoms with E-state index in [-0.39, 0.29) is 12.5 Å². The molecule has 0 fully saturated rings. The maximum absolute atomic E-state index is 11.9. The maximum atomic E-state index is 11.9. The van der Waals surface area contributed by atoms with E-state index in [0.29, 0.717) is 10.8 Å². The molecule has 0 radical (unpaired) electrons. The van der Waals surface area contributed by atoms with Gasteiger partial charge in [0, 0.05) is 14.3 Å². The molecular formula is C16H15ClINO2. The lowest BCUT2D eigenvalue weighted by molar-refractivity contribution is -0.118. The van der Waals surface area contributed by atoms with Gasteiger partial charge in [-0.2, -0.15) is 0 Å². The van der Waals surface area contributed by atoms with Gasteiger partial charge in [0.2, 0.25) is 0 Å². The van der Waals surface area contributed by atoms with Crippen LogP contribution >= 0.6 is 34.2 Å². The fraction of sp³-hybridized carbons (Fsp3) is 0.188. The highest BCUT2D eigenvalue weighted by molar-refractivity contribution is 14.1. The Bertz CT molecular complexity index is 629. The van der Waals surface area contributed by atoms with E-state index in [9.17, 15) is 4.79 Å². The van der Waals surface area contributed by atoms with Crippen molar-refractivity contribution < 1.29 is 9.53 Å². The van der Waals surface area contributed by atoms with Crippen LogP contribution in [0.2, 0.25) is 5.02 Å². The number of amides is 1. The summed E-state index contributed by atoms with van der Waals surface area (Å²) < 4.78 is 6.57. The van der Waals surface area contributed by atoms with Crippen molar-refractivity contribution in [1.29, 1.82) is 0 Å². The Kier molecular flexibility index (Phi) is 5.87. The van der Waals surface area contributed by atoms with Gasteiger partial charge in [-0.1, -0.05) is 18.5 Å². The van der Waals surface area contributed by atoms with E-state index < -0.39 is 0 Å². The van der Waals surface area contributed by atoms with Gasteiger partial charge in [-0.3, -0.25) is 4.79 Å². The number of ether oxygens (including phenoxy) is 1. The third-order valence-corrected chi connectivity index (χ3v) is 3.83. The molecule has 3 nitrogen and oxygen atoms in total. The number of carbonyl (C=O) groups excluding carboxylic acids is 1. The van der Waals surface area contributed by atoms with Crippen LogP contribution in [0.3, 0.4) is 0 Å². The molecule has 0 aromatic heterocycles. The van der Waals surface area contributed by atoms with Crippen molar-refractivity contribution in [2.45, 2.75) is 13.3 Å². The lowest BCUT2D eigenvalue weighted by Gasteiger charge is -2.11. The molecule has 0 atom stereocenters. The normalized spacial score (nSPS) is 10.2. The minimum atomic E-state index is -0.180. The quantitative estimate of drug-likeness (QED) is 0.729. The second-order valence-corrected chi connectivity index (χ2v) is 6.13. The number of aryl methyl sites for hydroxylation is 1. The molecule has 0 saturated carbocycles. The van der Waals surface area contributed by atoms with Gasteiger partial charge in [0.25, 0.3) is 5.91 Å². The summed E-state index contributed by atoms with van der Waals surface area (Å²) in [5, 5.41) is 3.51. The molecule has 0 aliphatic heterocycles. The van der Waals surface area contributed by atoms with Crippen molar-refractivity contribution in [3.63, 3.8) is 0 Å². The number of rotatable bonds is 5. The Morgan fingerprint density at radius 3 is 2.62 bits per heavy atom. The van der Waals surface area contributed by atoms with E-state index in [1.807, 2.05) is 12.1 Å². The molecule has 0 aliphatic carbocycles. The van der Waals surface area contributed by atoms with E-state index in [1.165, 1.54) is 0 Å². The van der Waals surface area contributed by atoms with Gasteiger partial charge in [0.1, 0.15) is 5.75 Å². The topological polar surface area (TPSA) is 38.3 Å². The smallest absolute Gasteiger partial charge is 0.262 e. The number of benzene rings is 2. The number of nitrogens with one attached hydrogen (secondary N) is 1. The summed E-state index contributed by atoms with van der Waals surface area (Å²) in [6.07, 6.45) is 0.866. The zero-order chi connectivity index (χ0) is 15.2. The highest BCUT2D eigenvalue weighted by Crippen LogP contribution is 2.20. The average molecular weight is 416 g/mol.